The molecule has 2 N–H and O–H groups in total. The van der Waals surface area contributed by atoms with E-state index in [1.807, 2.05) is 26.0 Å². The van der Waals surface area contributed by atoms with E-state index in [0.717, 1.165) is 0 Å². The summed E-state index contributed by atoms with van der Waals surface area (Å²) in [6, 6.07) is 7.25. The minimum Gasteiger partial charge on any atom is -0.491 e. The minimum absolute atomic E-state index is 0.0654. The molecule has 0 aliphatic carbocycles. The molecule has 2 rings (SSSR count). The van der Waals surface area contributed by atoms with E-state index in [1.165, 1.54) is 0 Å². The molecule has 1 aromatic heterocycles. The fourth-order valence-electron chi connectivity index (χ4n) is 2.29. The van der Waals surface area contributed by atoms with Gasteiger partial charge in [0.1, 0.15) is 5.75 Å². The average molecular weight is 317 g/mol. The zero-order valence-electron chi connectivity index (χ0n) is 13.9. The number of rotatable bonds is 6. The average Bonchev–Trinajstić information content (AvgIpc) is 2.83. The number of carbonyl (C=O) groups excluding carboxylic acids is 1. The molecule has 1 unspecified atom stereocenters. The second kappa shape index (κ2) is 7.28. The van der Waals surface area contributed by atoms with Crippen molar-refractivity contribution in [3.8, 4) is 5.75 Å². The highest BCUT2D eigenvalue weighted by molar-refractivity contribution is 5.95. The lowest BCUT2D eigenvalue weighted by atomic mass is 10.1. The molecule has 0 saturated carbocycles. The van der Waals surface area contributed by atoms with Crippen LogP contribution in [0.5, 0.6) is 5.75 Å². The van der Waals surface area contributed by atoms with Gasteiger partial charge in [-0.1, -0.05) is 12.1 Å². The van der Waals surface area contributed by atoms with Crippen molar-refractivity contribution < 1.29 is 14.6 Å². The summed E-state index contributed by atoms with van der Waals surface area (Å²) < 4.78 is 7.20. The van der Waals surface area contributed by atoms with E-state index in [4.69, 9.17) is 4.74 Å². The van der Waals surface area contributed by atoms with Crippen LogP contribution in [-0.2, 0) is 7.05 Å². The third-order valence-electron chi connectivity index (χ3n) is 3.33. The van der Waals surface area contributed by atoms with Gasteiger partial charge in [0, 0.05) is 19.8 Å². The number of amides is 1. The first-order valence-corrected chi connectivity index (χ1v) is 7.60. The van der Waals surface area contributed by atoms with Gasteiger partial charge in [-0.2, -0.15) is 5.10 Å². The molecule has 0 aliphatic heterocycles. The molecular weight excluding hydrogens is 294 g/mol. The fourth-order valence-corrected chi connectivity index (χ4v) is 2.29. The predicted octanol–water partition coefficient (Wildman–Crippen LogP) is 1.98. The van der Waals surface area contributed by atoms with Crippen LogP contribution in [0.4, 0.5) is 0 Å². The Labute approximate surface area is 136 Å². The van der Waals surface area contributed by atoms with E-state index in [0.29, 0.717) is 22.6 Å². The van der Waals surface area contributed by atoms with Gasteiger partial charge >= 0.3 is 0 Å². The summed E-state index contributed by atoms with van der Waals surface area (Å²) in [6.07, 6.45) is 0.927. The smallest absolute Gasteiger partial charge is 0.254 e. The van der Waals surface area contributed by atoms with Crippen molar-refractivity contribution in [3.05, 3.63) is 47.3 Å². The third kappa shape index (κ3) is 4.56. The highest BCUT2D eigenvalue weighted by atomic mass is 16.5. The molecule has 124 valence electrons. The van der Waals surface area contributed by atoms with Gasteiger partial charge in [-0.25, -0.2) is 0 Å². The number of hydrogen-bond donors (Lipinski definition) is 2. The number of ether oxygens (including phenoxy) is 1. The van der Waals surface area contributed by atoms with Crippen LogP contribution in [0.15, 0.2) is 30.5 Å². The van der Waals surface area contributed by atoms with Crippen LogP contribution < -0.4 is 10.1 Å². The van der Waals surface area contributed by atoms with Gasteiger partial charge in [0.2, 0.25) is 0 Å². The maximum absolute atomic E-state index is 12.1. The first kappa shape index (κ1) is 17.0. The summed E-state index contributed by atoms with van der Waals surface area (Å²) in [7, 11) is 1.76. The van der Waals surface area contributed by atoms with Crippen molar-refractivity contribution in [2.24, 2.45) is 7.05 Å². The van der Waals surface area contributed by atoms with Crippen molar-refractivity contribution in [3.63, 3.8) is 0 Å². The normalized spacial score (nSPS) is 12.3. The SMILES string of the molecule is Cc1nn(C)cc1C(=O)NCC(O)c1cccc(OC(C)C)c1. The summed E-state index contributed by atoms with van der Waals surface area (Å²) in [4.78, 5) is 12.1. The summed E-state index contributed by atoms with van der Waals surface area (Å²) >= 11 is 0. The van der Waals surface area contributed by atoms with E-state index < -0.39 is 6.10 Å². The molecule has 0 bridgehead atoms. The largest absolute Gasteiger partial charge is 0.491 e. The van der Waals surface area contributed by atoms with Crippen molar-refractivity contribution >= 4 is 5.91 Å². The minimum atomic E-state index is -0.799. The standard InChI is InChI=1S/C17H23N3O3/c1-11(2)23-14-7-5-6-13(8-14)16(21)9-18-17(22)15-10-20(4)19-12(15)3/h5-8,10-11,16,21H,9H2,1-4H3,(H,18,22). The molecule has 1 amide bonds. The van der Waals surface area contributed by atoms with E-state index >= 15 is 0 Å². The first-order valence-electron chi connectivity index (χ1n) is 7.60. The number of aromatic nitrogens is 2. The molecule has 2 aromatic rings. The second-order valence-electron chi connectivity index (χ2n) is 5.77. The Balaban J connectivity index is 1.98. The molecule has 6 heteroatoms. The Hall–Kier alpha value is -2.34. The van der Waals surface area contributed by atoms with Gasteiger partial charge in [-0.15, -0.1) is 0 Å². The molecule has 0 fully saturated rings. The maximum Gasteiger partial charge on any atom is 0.254 e. The molecular formula is C17H23N3O3. The zero-order valence-corrected chi connectivity index (χ0v) is 13.9. The van der Waals surface area contributed by atoms with Crippen molar-refractivity contribution in [1.82, 2.24) is 15.1 Å². The summed E-state index contributed by atoms with van der Waals surface area (Å²) in [5.41, 5.74) is 1.87. The fraction of sp³-hybridized carbons (Fsp3) is 0.412. The lowest BCUT2D eigenvalue weighted by Gasteiger charge is -2.15. The van der Waals surface area contributed by atoms with Crippen LogP contribution in [0.1, 0.15) is 41.6 Å². The highest BCUT2D eigenvalue weighted by Gasteiger charge is 2.15. The van der Waals surface area contributed by atoms with Crippen LogP contribution >= 0.6 is 0 Å². The Morgan fingerprint density at radius 3 is 2.78 bits per heavy atom. The van der Waals surface area contributed by atoms with E-state index in [2.05, 4.69) is 10.4 Å². The molecule has 6 nitrogen and oxygen atoms in total. The zero-order chi connectivity index (χ0) is 17.0. The van der Waals surface area contributed by atoms with Crippen molar-refractivity contribution in [2.75, 3.05) is 6.54 Å². The third-order valence-corrected chi connectivity index (χ3v) is 3.33. The lowest BCUT2D eigenvalue weighted by molar-refractivity contribution is 0.0915. The summed E-state index contributed by atoms with van der Waals surface area (Å²) in [6.45, 7) is 5.79. The van der Waals surface area contributed by atoms with Crippen LogP contribution in [0.3, 0.4) is 0 Å². The number of aryl methyl sites for hydroxylation is 2. The lowest BCUT2D eigenvalue weighted by Crippen LogP contribution is -2.28. The Bertz CT molecular complexity index is 679. The number of carbonyl (C=O) groups is 1. The van der Waals surface area contributed by atoms with Gasteiger partial charge in [0.25, 0.3) is 5.91 Å². The molecule has 1 heterocycles. The topological polar surface area (TPSA) is 76.4 Å². The highest BCUT2D eigenvalue weighted by Crippen LogP contribution is 2.20. The van der Waals surface area contributed by atoms with Gasteiger partial charge < -0.3 is 15.2 Å². The Morgan fingerprint density at radius 2 is 2.17 bits per heavy atom. The number of nitrogens with one attached hydrogen (secondary N) is 1. The molecule has 23 heavy (non-hydrogen) atoms. The maximum atomic E-state index is 12.1. The molecule has 1 aromatic carbocycles. The molecule has 0 spiro atoms. The number of hydrogen-bond acceptors (Lipinski definition) is 4. The summed E-state index contributed by atoms with van der Waals surface area (Å²) in [5.74, 6) is 0.454. The van der Waals surface area contributed by atoms with Crippen LogP contribution in [0.25, 0.3) is 0 Å². The monoisotopic (exact) mass is 317 g/mol. The number of aliphatic hydroxyl groups excluding tert-OH is 1. The summed E-state index contributed by atoms with van der Waals surface area (Å²) in [5, 5.41) is 17.1. The predicted molar refractivity (Wildman–Crippen MR) is 87.4 cm³/mol. The quantitative estimate of drug-likeness (QED) is 0.854. The second-order valence-corrected chi connectivity index (χ2v) is 5.77. The first-order chi connectivity index (χ1) is 10.9. The Morgan fingerprint density at radius 1 is 1.43 bits per heavy atom. The molecule has 1 atom stereocenters. The van der Waals surface area contributed by atoms with Gasteiger partial charge in [0.05, 0.1) is 23.5 Å². The van der Waals surface area contributed by atoms with Crippen molar-refractivity contribution in [2.45, 2.75) is 33.0 Å². The van der Waals surface area contributed by atoms with E-state index in [9.17, 15) is 9.90 Å². The van der Waals surface area contributed by atoms with Crippen LogP contribution in [0.2, 0.25) is 0 Å². The number of aliphatic hydroxyl groups is 1. The van der Waals surface area contributed by atoms with Crippen LogP contribution in [-0.4, -0.2) is 33.4 Å². The van der Waals surface area contributed by atoms with Crippen molar-refractivity contribution in [1.29, 1.82) is 0 Å². The van der Waals surface area contributed by atoms with Crippen LogP contribution in [0, 0.1) is 6.92 Å². The molecule has 0 aliphatic rings. The van der Waals surface area contributed by atoms with E-state index in [1.54, 1.807) is 37.0 Å². The van der Waals surface area contributed by atoms with Gasteiger partial charge in [0.15, 0.2) is 0 Å². The number of nitrogens with zero attached hydrogens (tertiary/aromatic N) is 2. The Kier molecular flexibility index (Phi) is 5.39. The molecule has 0 radical (unpaired) electrons. The van der Waals surface area contributed by atoms with Gasteiger partial charge in [-0.05, 0) is 38.5 Å². The van der Waals surface area contributed by atoms with E-state index in [-0.39, 0.29) is 18.6 Å². The van der Waals surface area contributed by atoms with Gasteiger partial charge in [-0.3, -0.25) is 9.48 Å². The number of benzene rings is 1. The molecule has 0 saturated heterocycles.